The lowest BCUT2D eigenvalue weighted by atomic mass is 10.2. The maximum absolute atomic E-state index is 12.4. The van der Waals surface area contributed by atoms with Crippen molar-refractivity contribution in [3.8, 4) is 0 Å². The van der Waals surface area contributed by atoms with Crippen LogP contribution in [0.5, 0.6) is 0 Å². The molecule has 31 heavy (non-hydrogen) atoms. The first kappa shape index (κ1) is 22.5. The summed E-state index contributed by atoms with van der Waals surface area (Å²) in [7, 11) is -3.80. The number of aromatic nitrogens is 1. The van der Waals surface area contributed by atoms with E-state index >= 15 is 0 Å². The molecule has 0 bridgehead atoms. The maximum atomic E-state index is 12.4. The summed E-state index contributed by atoms with van der Waals surface area (Å²) in [6, 6.07) is 10.5. The number of benzene rings is 2. The number of carbonyl (C=O) groups is 2. The lowest BCUT2D eigenvalue weighted by molar-refractivity contribution is -0.126. The number of ketones is 1. The SMILES string of the molecule is CC(=O)[C@H](N=Nc1ccc(S(=O)(=O)Nc2nccs2)cc1)C(=O)Nc1ccc(Cl)cc1. The van der Waals surface area contributed by atoms with Gasteiger partial charge in [0.2, 0.25) is 6.04 Å². The molecule has 0 saturated carbocycles. The summed E-state index contributed by atoms with van der Waals surface area (Å²) in [6.07, 6.45) is 1.49. The van der Waals surface area contributed by atoms with Crippen molar-refractivity contribution in [3.05, 3.63) is 65.1 Å². The van der Waals surface area contributed by atoms with Crippen LogP contribution in [-0.2, 0) is 19.6 Å². The van der Waals surface area contributed by atoms with Gasteiger partial charge in [0.05, 0.1) is 10.6 Å². The minimum atomic E-state index is -3.80. The van der Waals surface area contributed by atoms with Gasteiger partial charge >= 0.3 is 0 Å². The number of sulfonamides is 1. The number of halogens is 1. The number of azo groups is 1. The van der Waals surface area contributed by atoms with Crippen molar-refractivity contribution in [2.75, 3.05) is 10.0 Å². The van der Waals surface area contributed by atoms with Gasteiger partial charge in [-0.1, -0.05) is 11.6 Å². The number of thiazole rings is 1. The van der Waals surface area contributed by atoms with E-state index in [2.05, 4.69) is 25.3 Å². The number of anilines is 2. The summed E-state index contributed by atoms with van der Waals surface area (Å²) in [5.74, 6) is -1.15. The van der Waals surface area contributed by atoms with Crippen molar-refractivity contribution >= 4 is 61.2 Å². The molecule has 0 saturated heterocycles. The number of nitrogens with one attached hydrogen (secondary N) is 2. The normalized spacial score (nSPS) is 12.5. The molecular weight excluding hydrogens is 462 g/mol. The predicted molar refractivity (Wildman–Crippen MR) is 118 cm³/mol. The van der Waals surface area contributed by atoms with Gasteiger partial charge in [0.15, 0.2) is 10.9 Å². The number of rotatable bonds is 8. The summed E-state index contributed by atoms with van der Waals surface area (Å²) in [5.41, 5.74) is 0.733. The number of nitrogens with zero attached hydrogens (tertiary/aromatic N) is 3. The first-order valence-electron chi connectivity index (χ1n) is 8.75. The van der Waals surface area contributed by atoms with E-state index in [1.165, 1.54) is 37.4 Å². The third-order valence-corrected chi connectivity index (χ3v) is 6.26. The molecule has 0 fully saturated rings. The predicted octanol–water partition coefficient (Wildman–Crippen LogP) is 4.28. The summed E-state index contributed by atoms with van der Waals surface area (Å²) in [6.45, 7) is 1.23. The molecular formula is C19H16ClN5O4S2. The van der Waals surface area contributed by atoms with Crippen molar-refractivity contribution in [2.24, 2.45) is 10.2 Å². The Labute approximate surface area is 187 Å². The molecule has 9 nitrogen and oxygen atoms in total. The van der Waals surface area contributed by atoms with E-state index in [0.717, 1.165) is 11.3 Å². The van der Waals surface area contributed by atoms with Crippen molar-refractivity contribution in [1.82, 2.24) is 4.98 Å². The Morgan fingerprint density at radius 1 is 1.10 bits per heavy atom. The second-order valence-corrected chi connectivity index (χ2v) is 9.17. The Kier molecular flexibility index (Phi) is 7.10. The summed E-state index contributed by atoms with van der Waals surface area (Å²) < 4.78 is 27.1. The molecule has 0 radical (unpaired) electrons. The Balaban J connectivity index is 1.70. The smallest absolute Gasteiger partial charge is 0.263 e. The van der Waals surface area contributed by atoms with Crippen LogP contribution in [0, 0.1) is 0 Å². The molecule has 0 aliphatic rings. The van der Waals surface area contributed by atoms with Crippen molar-refractivity contribution < 1.29 is 18.0 Å². The molecule has 0 aliphatic carbocycles. The highest BCUT2D eigenvalue weighted by Gasteiger charge is 2.23. The molecule has 3 aromatic rings. The number of amides is 1. The third kappa shape index (κ3) is 6.17. The quantitative estimate of drug-likeness (QED) is 0.369. The molecule has 0 aliphatic heterocycles. The van der Waals surface area contributed by atoms with Gasteiger partial charge in [0.1, 0.15) is 0 Å². The van der Waals surface area contributed by atoms with E-state index < -0.39 is 27.8 Å². The number of hydrogen-bond acceptors (Lipinski definition) is 8. The number of hydrogen-bond donors (Lipinski definition) is 2. The fraction of sp³-hybridized carbons (Fsp3) is 0.105. The monoisotopic (exact) mass is 477 g/mol. The highest BCUT2D eigenvalue weighted by molar-refractivity contribution is 7.93. The second kappa shape index (κ2) is 9.77. The number of carbonyl (C=O) groups excluding carboxylic acids is 2. The van der Waals surface area contributed by atoms with Crippen LogP contribution in [0.4, 0.5) is 16.5 Å². The van der Waals surface area contributed by atoms with Gasteiger partial charge in [-0.3, -0.25) is 14.3 Å². The molecule has 160 valence electrons. The van der Waals surface area contributed by atoms with Gasteiger partial charge in [0, 0.05) is 22.3 Å². The summed E-state index contributed by atoms with van der Waals surface area (Å²) in [4.78, 5) is 28.1. The van der Waals surface area contributed by atoms with Gasteiger partial charge in [-0.25, -0.2) is 13.4 Å². The highest BCUT2D eigenvalue weighted by atomic mass is 35.5. The van der Waals surface area contributed by atoms with Crippen LogP contribution in [0.2, 0.25) is 5.02 Å². The van der Waals surface area contributed by atoms with Crippen molar-refractivity contribution in [2.45, 2.75) is 17.9 Å². The molecule has 3 rings (SSSR count). The minimum Gasteiger partial charge on any atom is -0.324 e. The van der Waals surface area contributed by atoms with Crippen LogP contribution in [0.25, 0.3) is 0 Å². The first-order valence-corrected chi connectivity index (χ1v) is 11.5. The average Bonchev–Trinajstić information content (AvgIpc) is 3.22. The highest BCUT2D eigenvalue weighted by Crippen LogP contribution is 2.21. The Bertz CT molecular complexity index is 1200. The standard InChI is InChI=1S/C19H16ClN5O4S2/c1-12(26)17(18(27)22-14-4-2-13(20)3-5-14)24-23-15-6-8-16(9-7-15)31(28,29)25-19-21-10-11-30-19/h2-11,17H,1H3,(H,21,25)(H,22,27)/t17-/m0/s1. The summed E-state index contributed by atoms with van der Waals surface area (Å²) in [5, 5.41) is 12.7. The molecule has 2 aromatic carbocycles. The lowest BCUT2D eigenvalue weighted by Gasteiger charge is -2.09. The largest absolute Gasteiger partial charge is 0.324 e. The molecule has 1 aromatic heterocycles. The van der Waals surface area contributed by atoms with E-state index in [0.29, 0.717) is 10.7 Å². The average molecular weight is 478 g/mol. The zero-order valence-corrected chi connectivity index (χ0v) is 18.4. The molecule has 1 amide bonds. The minimum absolute atomic E-state index is 0.00486. The van der Waals surface area contributed by atoms with Crippen LogP contribution in [0.3, 0.4) is 0 Å². The molecule has 2 N–H and O–H groups in total. The van der Waals surface area contributed by atoms with Gasteiger partial charge in [-0.15, -0.1) is 11.3 Å². The molecule has 1 atom stereocenters. The van der Waals surface area contributed by atoms with Crippen molar-refractivity contribution in [1.29, 1.82) is 0 Å². The third-order valence-electron chi connectivity index (χ3n) is 3.83. The zero-order valence-electron chi connectivity index (χ0n) is 16.0. The van der Waals surface area contributed by atoms with E-state index in [4.69, 9.17) is 11.6 Å². The van der Waals surface area contributed by atoms with Gasteiger partial charge < -0.3 is 5.32 Å². The molecule has 12 heteroatoms. The van der Waals surface area contributed by atoms with E-state index in [1.54, 1.807) is 29.6 Å². The number of Topliss-reactive ketones (excluding diaryl/α,β-unsaturated/α-hetero) is 1. The van der Waals surface area contributed by atoms with E-state index in [1.807, 2.05) is 0 Å². The molecule has 0 unspecified atom stereocenters. The maximum Gasteiger partial charge on any atom is 0.263 e. The van der Waals surface area contributed by atoms with Gasteiger partial charge in [0.25, 0.3) is 15.9 Å². The Morgan fingerprint density at radius 3 is 2.35 bits per heavy atom. The summed E-state index contributed by atoms with van der Waals surface area (Å²) >= 11 is 6.96. The van der Waals surface area contributed by atoms with Gasteiger partial charge in [-0.2, -0.15) is 10.2 Å². The lowest BCUT2D eigenvalue weighted by Crippen LogP contribution is -2.31. The van der Waals surface area contributed by atoms with Crippen LogP contribution < -0.4 is 10.0 Å². The molecule has 1 heterocycles. The fourth-order valence-corrected chi connectivity index (χ4v) is 4.24. The first-order chi connectivity index (χ1) is 14.7. The fourth-order valence-electron chi connectivity index (χ4n) is 2.33. The Morgan fingerprint density at radius 2 is 1.77 bits per heavy atom. The van der Waals surface area contributed by atoms with Crippen LogP contribution in [0.15, 0.2) is 75.2 Å². The second-order valence-electron chi connectivity index (χ2n) is 6.16. The van der Waals surface area contributed by atoms with E-state index in [9.17, 15) is 18.0 Å². The van der Waals surface area contributed by atoms with Gasteiger partial charge in [-0.05, 0) is 55.5 Å². The van der Waals surface area contributed by atoms with E-state index in [-0.39, 0.29) is 15.7 Å². The Hall–Kier alpha value is -3.15. The van der Waals surface area contributed by atoms with Crippen LogP contribution >= 0.6 is 22.9 Å². The van der Waals surface area contributed by atoms with Crippen LogP contribution in [-0.4, -0.2) is 31.1 Å². The zero-order chi connectivity index (χ0) is 22.4. The molecule has 0 spiro atoms. The topological polar surface area (TPSA) is 130 Å². The van der Waals surface area contributed by atoms with Crippen molar-refractivity contribution in [3.63, 3.8) is 0 Å². The van der Waals surface area contributed by atoms with Crippen LogP contribution in [0.1, 0.15) is 6.92 Å².